The predicted molar refractivity (Wildman–Crippen MR) is 112 cm³/mol. The van der Waals surface area contributed by atoms with Crippen LogP contribution in [-0.4, -0.2) is 55.4 Å². The summed E-state index contributed by atoms with van der Waals surface area (Å²) in [7, 11) is 0. The maximum absolute atomic E-state index is 10.3. The Balaban J connectivity index is 1.39. The average Bonchev–Trinajstić information content (AvgIpc) is 2.68. The number of nitrogens with zero attached hydrogens (tertiary/aromatic N) is 2. The molecule has 2 aromatic carbocycles. The van der Waals surface area contributed by atoms with Gasteiger partial charge >= 0.3 is 0 Å². The Bertz CT molecular complexity index is 700. The molecule has 1 heterocycles. The summed E-state index contributed by atoms with van der Waals surface area (Å²) in [6.45, 7) is 6.86. The van der Waals surface area contributed by atoms with Gasteiger partial charge in [0.1, 0.15) is 18.5 Å². The number of benzene rings is 2. The number of anilines is 1. The van der Waals surface area contributed by atoms with Crippen LogP contribution in [0.1, 0.15) is 18.9 Å². The van der Waals surface area contributed by atoms with E-state index in [1.165, 1.54) is 5.56 Å². The Hall–Kier alpha value is -1.75. The van der Waals surface area contributed by atoms with E-state index in [1.807, 2.05) is 30.3 Å². The number of aliphatic hydroxyl groups excluding tert-OH is 1. The van der Waals surface area contributed by atoms with E-state index in [-0.39, 0.29) is 0 Å². The maximum atomic E-state index is 10.3. The summed E-state index contributed by atoms with van der Waals surface area (Å²) in [4.78, 5) is 4.63. The van der Waals surface area contributed by atoms with E-state index in [9.17, 15) is 5.11 Å². The standard InChI is InChI=1S/C22H29ClN2O2/c1-2-4-18-7-9-22(10-8-18)27-17-21(26)16-24-11-13-25(14-12-24)20-6-3-5-19(23)15-20/h3,5-10,15,21,26H,2,4,11-14,16-17H2,1H3/t21-/m0/s1. The summed E-state index contributed by atoms with van der Waals surface area (Å²) in [6.07, 6.45) is 1.74. The van der Waals surface area contributed by atoms with E-state index in [4.69, 9.17) is 16.3 Å². The van der Waals surface area contributed by atoms with Gasteiger partial charge in [0.15, 0.2) is 0 Å². The molecule has 27 heavy (non-hydrogen) atoms. The molecule has 0 unspecified atom stereocenters. The first-order valence-corrected chi connectivity index (χ1v) is 10.1. The van der Waals surface area contributed by atoms with E-state index in [1.54, 1.807) is 0 Å². The molecule has 0 radical (unpaired) electrons. The van der Waals surface area contributed by atoms with E-state index in [0.29, 0.717) is 13.2 Å². The van der Waals surface area contributed by atoms with Crippen molar-refractivity contribution in [1.82, 2.24) is 4.90 Å². The second-order valence-corrected chi connectivity index (χ2v) is 7.56. The van der Waals surface area contributed by atoms with Crippen LogP contribution in [0.3, 0.4) is 0 Å². The van der Waals surface area contributed by atoms with E-state index in [0.717, 1.165) is 55.5 Å². The molecule has 0 spiro atoms. The number of aliphatic hydroxyl groups is 1. The van der Waals surface area contributed by atoms with Gasteiger partial charge in [-0.15, -0.1) is 0 Å². The first kappa shape index (κ1) is 20.0. The maximum Gasteiger partial charge on any atom is 0.119 e. The molecule has 0 aromatic heterocycles. The van der Waals surface area contributed by atoms with Gasteiger partial charge in [0.25, 0.3) is 0 Å². The normalized spacial score (nSPS) is 16.3. The highest BCUT2D eigenvalue weighted by Gasteiger charge is 2.20. The van der Waals surface area contributed by atoms with Gasteiger partial charge in [0.2, 0.25) is 0 Å². The van der Waals surface area contributed by atoms with Crippen molar-refractivity contribution in [3.8, 4) is 5.75 Å². The van der Waals surface area contributed by atoms with Crippen molar-refractivity contribution in [3.63, 3.8) is 0 Å². The van der Waals surface area contributed by atoms with Crippen LogP contribution in [0.2, 0.25) is 5.02 Å². The SMILES string of the molecule is CCCc1ccc(OC[C@@H](O)CN2CCN(c3cccc(Cl)c3)CC2)cc1. The summed E-state index contributed by atoms with van der Waals surface area (Å²) >= 11 is 6.09. The van der Waals surface area contributed by atoms with Gasteiger partial charge in [-0.2, -0.15) is 0 Å². The van der Waals surface area contributed by atoms with Gasteiger partial charge in [-0.05, 0) is 42.3 Å². The predicted octanol–water partition coefficient (Wildman–Crippen LogP) is 3.85. The second kappa shape index (κ2) is 9.98. The van der Waals surface area contributed by atoms with Crippen LogP contribution in [0.25, 0.3) is 0 Å². The summed E-state index contributed by atoms with van der Waals surface area (Å²) in [6, 6.07) is 16.2. The van der Waals surface area contributed by atoms with Crippen LogP contribution in [-0.2, 0) is 6.42 Å². The minimum absolute atomic E-state index is 0.321. The van der Waals surface area contributed by atoms with Crippen molar-refractivity contribution in [2.75, 3.05) is 44.2 Å². The van der Waals surface area contributed by atoms with Gasteiger partial charge in [0, 0.05) is 43.4 Å². The molecule has 1 saturated heterocycles. The Morgan fingerprint density at radius 1 is 1.07 bits per heavy atom. The number of halogens is 1. The lowest BCUT2D eigenvalue weighted by Gasteiger charge is -2.36. The zero-order chi connectivity index (χ0) is 19.1. The van der Waals surface area contributed by atoms with E-state index in [2.05, 4.69) is 34.9 Å². The topological polar surface area (TPSA) is 35.9 Å². The molecule has 1 aliphatic rings. The zero-order valence-electron chi connectivity index (χ0n) is 16.0. The second-order valence-electron chi connectivity index (χ2n) is 7.13. The average molecular weight is 389 g/mol. The first-order valence-electron chi connectivity index (χ1n) is 9.76. The lowest BCUT2D eigenvalue weighted by atomic mass is 10.1. The van der Waals surface area contributed by atoms with Crippen molar-refractivity contribution in [2.24, 2.45) is 0 Å². The molecule has 5 heteroatoms. The van der Waals surface area contributed by atoms with Gasteiger partial charge in [0.05, 0.1) is 0 Å². The summed E-state index contributed by atoms with van der Waals surface area (Å²) in [5, 5.41) is 11.1. The molecule has 0 saturated carbocycles. The molecule has 1 N–H and O–H groups in total. The van der Waals surface area contributed by atoms with Gasteiger partial charge < -0.3 is 14.7 Å². The Kier molecular flexibility index (Phi) is 7.39. The molecule has 1 aliphatic heterocycles. The summed E-state index contributed by atoms with van der Waals surface area (Å²) in [5.74, 6) is 0.819. The number of aryl methyl sites for hydroxylation is 1. The molecule has 4 nitrogen and oxygen atoms in total. The smallest absolute Gasteiger partial charge is 0.119 e. The van der Waals surface area contributed by atoms with E-state index >= 15 is 0 Å². The third kappa shape index (κ3) is 6.13. The number of ether oxygens (including phenoxy) is 1. The number of piperazine rings is 1. The molecule has 2 aromatic rings. The van der Waals surface area contributed by atoms with Crippen molar-refractivity contribution < 1.29 is 9.84 Å². The zero-order valence-corrected chi connectivity index (χ0v) is 16.7. The van der Waals surface area contributed by atoms with Crippen LogP contribution >= 0.6 is 11.6 Å². The van der Waals surface area contributed by atoms with Gasteiger partial charge in [-0.1, -0.05) is 43.1 Å². The largest absolute Gasteiger partial charge is 0.491 e. The van der Waals surface area contributed by atoms with Crippen LogP contribution in [0.4, 0.5) is 5.69 Å². The molecule has 0 amide bonds. The number of hydrogen-bond donors (Lipinski definition) is 1. The highest BCUT2D eigenvalue weighted by Crippen LogP contribution is 2.21. The molecule has 146 valence electrons. The third-order valence-corrected chi connectivity index (χ3v) is 5.15. The summed E-state index contributed by atoms with van der Waals surface area (Å²) in [5.41, 5.74) is 2.49. The molecular weight excluding hydrogens is 360 g/mol. The molecule has 1 fully saturated rings. The monoisotopic (exact) mass is 388 g/mol. The fourth-order valence-electron chi connectivity index (χ4n) is 3.45. The van der Waals surface area contributed by atoms with Crippen LogP contribution in [0.5, 0.6) is 5.75 Å². The minimum atomic E-state index is -0.488. The van der Waals surface area contributed by atoms with Gasteiger partial charge in [-0.3, -0.25) is 4.90 Å². The van der Waals surface area contributed by atoms with E-state index < -0.39 is 6.10 Å². The molecular formula is C22H29ClN2O2. The Morgan fingerprint density at radius 2 is 1.81 bits per heavy atom. The third-order valence-electron chi connectivity index (χ3n) is 4.92. The highest BCUT2D eigenvalue weighted by atomic mass is 35.5. The first-order chi connectivity index (χ1) is 13.1. The minimum Gasteiger partial charge on any atom is -0.491 e. The Labute approximate surface area is 167 Å². The van der Waals surface area contributed by atoms with Crippen LogP contribution < -0.4 is 9.64 Å². The number of rotatable bonds is 8. The van der Waals surface area contributed by atoms with Crippen molar-refractivity contribution in [2.45, 2.75) is 25.9 Å². The molecule has 3 rings (SSSR count). The van der Waals surface area contributed by atoms with Crippen LogP contribution in [0, 0.1) is 0 Å². The molecule has 1 atom stereocenters. The lowest BCUT2D eigenvalue weighted by molar-refractivity contribution is 0.0663. The van der Waals surface area contributed by atoms with Crippen LogP contribution in [0.15, 0.2) is 48.5 Å². The van der Waals surface area contributed by atoms with Crippen molar-refractivity contribution in [1.29, 1.82) is 0 Å². The number of β-amino-alcohol motifs (C(OH)–C–C–N with tert-alkyl or cyclic N) is 1. The fraction of sp³-hybridized carbons (Fsp3) is 0.455. The fourth-order valence-corrected chi connectivity index (χ4v) is 3.63. The van der Waals surface area contributed by atoms with Crippen molar-refractivity contribution >= 4 is 17.3 Å². The quantitative estimate of drug-likeness (QED) is 0.745. The lowest BCUT2D eigenvalue weighted by Crippen LogP contribution is -2.49. The van der Waals surface area contributed by atoms with Gasteiger partial charge in [-0.25, -0.2) is 0 Å². The highest BCUT2D eigenvalue weighted by molar-refractivity contribution is 6.30. The number of hydrogen-bond acceptors (Lipinski definition) is 4. The summed E-state index contributed by atoms with van der Waals surface area (Å²) < 4.78 is 5.74. The molecule has 0 bridgehead atoms. The molecule has 0 aliphatic carbocycles. The van der Waals surface area contributed by atoms with Crippen molar-refractivity contribution in [3.05, 3.63) is 59.1 Å². The Morgan fingerprint density at radius 3 is 2.48 bits per heavy atom.